The molecule has 0 heterocycles. The predicted molar refractivity (Wildman–Crippen MR) is 64.5 cm³/mol. The number of nitrogens with zero attached hydrogens (tertiary/aromatic N) is 2. The monoisotopic (exact) mass is 242 g/mol. The van der Waals surface area contributed by atoms with Gasteiger partial charge in [-0.3, -0.25) is 14.5 Å². The summed E-state index contributed by atoms with van der Waals surface area (Å²) in [5.74, 6) is -0.323. The summed E-state index contributed by atoms with van der Waals surface area (Å²) < 4.78 is 4.65. The Kier molecular flexibility index (Phi) is 4.93. The van der Waals surface area contributed by atoms with Gasteiger partial charge in [0.25, 0.3) is 0 Å². The van der Waals surface area contributed by atoms with Crippen LogP contribution in [-0.4, -0.2) is 62.0 Å². The van der Waals surface area contributed by atoms with Crippen LogP contribution in [0.15, 0.2) is 0 Å². The highest BCUT2D eigenvalue weighted by molar-refractivity contribution is 5.78. The maximum atomic E-state index is 11.8. The summed E-state index contributed by atoms with van der Waals surface area (Å²) in [4.78, 5) is 26.7. The average molecular weight is 242 g/mol. The van der Waals surface area contributed by atoms with Crippen molar-refractivity contribution in [1.82, 2.24) is 9.80 Å². The highest BCUT2D eigenvalue weighted by Gasteiger charge is 2.30. The highest BCUT2D eigenvalue weighted by Crippen LogP contribution is 2.25. The van der Waals surface area contributed by atoms with Gasteiger partial charge in [0.1, 0.15) is 0 Å². The first-order chi connectivity index (χ1) is 7.95. The molecule has 5 heteroatoms. The lowest BCUT2D eigenvalue weighted by molar-refractivity contribution is -0.146. The lowest BCUT2D eigenvalue weighted by Crippen LogP contribution is -2.40. The number of ether oxygens (including phenoxy) is 1. The summed E-state index contributed by atoms with van der Waals surface area (Å²) in [6.07, 6.45) is 2.23. The summed E-state index contributed by atoms with van der Waals surface area (Å²) in [7, 11) is 5.07. The van der Waals surface area contributed by atoms with E-state index in [0.717, 1.165) is 12.8 Å². The second-order valence-electron chi connectivity index (χ2n) is 4.86. The molecule has 0 N–H and O–H groups in total. The number of methoxy groups -OCH3 is 1. The SMILES string of the molecule is COC(=O)C(C)CN(C)CC(=O)N(C)C1CC1. The van der Waals surface area contributed by atoms with E-state index in [1.807, 2.05) is 19.0 Å². The van der Waals surface area contributed by atoms with E-state index in [0.29, 0.717) is 19.1 Å². The quantitative estimate of drug-likeness (QED) is 0.631. The first kappa shape index (κ1) is 14.0. The van der Waals surface area contributed by atoms with E-state index in [1.54, 1.807) is 11.8 Å². The maximum absolute atomic E-state index is 11.8. The van der Waals surface area contributed by atoms with E-state index < -0.39 is 0 Å². The average Bonchev–Trinajstić information content (AvgIpc) is 3.10. The zero-order valence-electron chi connectivity index (χ0n) is 11.1. The summed E-state index contributed by atoms with van der Waals surface area (Å²) in [5, 5.41) is 0. The van der Waals surface area contributed by atoms with Crippen LogP contribution in [0.5, 0.6) is 0 Å². The molecule has 17 heavy (non-hydrogen) atoms. The van der Waals surface area contributed by atoms with Gasteiger partial charge in [0.15, 0.2) is 0 Å². The summed E-state index contributed by atoms with van der Waals surface area (Å²) in [6.45, 7) is 2.70. The van der Waals surface area contributed by atoms with Crippen LogP contribution in [0.2, 0.25) is 0 Å². The Morgan fingerprint density at radius 2 is 1.94 bits per heavy atom. The van der Waals surface area contributed by atoms with Gasteiger partial charge in [-0.15, -0.1) is 0 Å². The third-order valence-corrected chi connectivity index (χ3v) is 3.08. The van der Waals surface area contributed by atoms with Gasteiger partial charge >= 0.3 is 5.97 Å². The fraction of sp³-hybridized carbons (Fsp3) is 0.833. The van der Waals surface area contributed by atoms with E-state index in [4.69, 9.17) is 0 Å². The van der Waals surface area contributed by atoms with Crippen LogP contribution in [0.25, 0.3) is 0 Å². The molecule has 1 unspecified atom stereocenters. The minimum Gasteiger partial charge on any atom is -0.469 e. The van der Waals surface area contributed by atoms with Gasteiger partial charge < -0.3 is 9.64 Å². The molecule has 0 aliphatic heterocycles. The highest BCUT2D eigenvalue weighted by atomic mass is 16.5. The van der Waals surface area contributed by atoms with Gasteiger partial charge in [0.2, 0.25) is 5.91 Å². The Morgan fingerprint density at radius 3 is 2.41 bits per heavy atom. The molecule has 5 nitrogen and oxygen atoms in total. The van der Waals surface area contributed by atoms with Crippen molar-refractivity contribution in [3.8, 4) is 0 Å². The van der Waals surface area contributed by atoms with Gasteiger partial charge in [0.05, 0.1) is 19.6 Å². The van der Waals surface area contributed by atoms with Crippen molar-refractivity contribution in [3.05, 3.63) is 0 Å². The largest absolute Gasteiger partial charge is 0.469 e. The number of esters is 1. The third-order valence-electron chi connectivity index (χ3n) is 3.08. The van der Waals surface area contributed by atoms with Gasteiger partial charge in [-0.05, 0) is 19.9 Å². The van der Waals surface area contributed by atoms with E-state index in [2.05, 4.69) is 4.74 Å². The van der Waals surface area contributed by atoms with E-state index in [9.17, 15) is 9.59 Å². The maximum Gasteiger partial charge on any atom is 0.309 e. The Morgan fingerprint density at radius 1 is 1.35 bits per heavy atom. The molecule has 0 aromatic heterocycles. The molecule has 0 bridgehead atoms. The van der Waals surface area contributed by atoms with Crippen LogP contribution in [0.1, 0.15) is 19.8 Å². The van der Waals surface area contributed by atoms with Gasteiger partial charge in [0, 0.05) is 19.6 Å². The Labute approximate surface area is 103 Å². The van der Waals surface area contributed by atoms with Crippen LogP contribution in [0.4, 0.5) is 0 Å². The van der Waals surface area contributed by atoms with E-state index >= 15 is 0 Å². The van der Waals surface area contributed by atoms with Crippen molar-refractivity contribution < 1.29 is 14.3 Å². The molecule has 0 aromatic carbocycles. The van der Waals surface area contributed by atoms with Crippen LogP contribution >= 0.6 is 0 Å². The summed E-state index contributed by atoms with van der Waals surface area (Å²) in [5.41, 5.74) is 0. The lowest BCUT2D eigenvalue weighted by Gasteiger charge is -2.23. The Balaban J connectivity index is 2.30. The van der Waals surface area contributed by atoms with Gasteiger partial charge in [-0.25, -0.2) is 0 Å². The molecule has 0 spiro atoms. The van der Waals surface area contributed by atoms with Crippen LogP contribution in [0, 0.1) is 5.92 Å². The van der Waals surface area contributed by atoms with Gasteiger partial charge in [-0.1, -0.05) is 6.92 Å². The molecule has 0 aromatic rings. The topological polar surface area (TPSA) is 49.9 Å². The zero-order chi connectivity index (χ0) is 13.0. The van der Waals surface area contributed by atoms with Crippen molar-refractivity contribution in [2.75, 3.05) is 34.3 Å². The number of amides is 1. The Hall–Kier alpha value is -1.10. The predicted octanol–water partition coefficient (Wildman–Crippen LogP) is 0.348. The molecule has 1 atom stereocenters. The minimum atomic E-state index is -0.236. The standard InChI is InChI=1S/C12H22N2O3/c1-9(12(16)17-4)7-13(2)8-11(15)14(3)10-5-6-10/h9-10H,5-8H2,1-4H3. The van der Waals surface area contributed by atoms with Crippen molar-refractivity contribution in [1.29, 1.82) is 0 Å². The number of carbonyl (C=O) groups is 2. The summed E-state index contributed by atoms with van der Waals surface area (Å²) in [6, 6.07) is 0.439. The smallest absolute Gasteiger partial charge is 0.309 e. The lowest BCUT2D eigenvalue weighted by atomic mass is 10.2. The van der Waals surface area contributed by atoms with E-state index in [1.165, 1.54) is 7.11 Å². The van der Waals surface area contributed by atoms with Crippen molar-refractivity contribution in [3.63, 3.8) is 0 Å². The van der Waals surface area contributed by atoms with Crippen molar-refractivity contribution >= 4 is 11.9 Å². The molecule has 0 radical (unpaired) electrons. The summed E-state index contributed by atoms with van der Waals surface area (Å²) >= 11 is 0. The number of carbonyl (C=O) groups excluding carboxylic acids is 2. The fourth-order valence-electron chi connectivity index (χ4n) is 1.82. The zero-order valence-corrected chi connectivity index (χ0v) is 11.1. The molecule has 1 amide bonds. The molecule has 1 aliphatic rings. The molecule has 98 valence electrons. The first-order valence-electron chi connectivity index (χ1n) is 5.97. The van der Waals surface area contributed by atoms with Crippen molar-refractivity contribution in [2.24, 2.45) is 5.92 Å². The molecular weight excluding hydrogens is 220 g/mol. The molecule has 1 rings (SSSR count). The second kappa shape index (κ2) is 6.00. The second-order valence-corrected chi connectivity index (χ2v) is 4.86. The van der Waals surface area contributed by atoms with Gasteiger partial charge in [-0.2, -0.15) is 0 Å². The molecule has 1 saturated carbocycles. The normalized spacial score (nSPS) is 16.8. The molecule has 0 saturated heterocycles. The number of hydrogen-bond donors (Lipinski definition) is 0. The molecular formula is C12H22N2O3. The number of hydrogen-bond acceptors (Lipinski definition) is 4. The Bertz CT molecular complexity index is 289. The minimum absolute atomic E-state index is 0.118. The molecule has 1 fully saturated rings. The molecule has 1 aliphatic carbocycles. The van der Waals surface area contributed by atoms with Crippen LogP contribution < -0.4 is 0 Å². The number of likely N-dealkylation sites (N-methyl/N-ethyl adjacent to an activating group) is 2. The number of rotatable bonds is 6. The fourth-order valence-corrected chi connectivity index (χ4v) is 1.82. The van der Waals surface area contributed by atoms with Crippen molar-refractivity contribution in [2.45, 2.75) is 25.8 Å². The first-order valence-corrected chi connectivity index (χ1v) is 5.97. The third kappa shape index (κ3) is 4.34. The van der Waals surface area contributed by atoms with Crippen LogP contribution in [-0.2, 0) is 14.3 Å². The van der Waals surface area contributed by atoms with E-state index in [-0.39, 0.29) is 17.8 Å². The van der Waals surface area contributed by atoms with Crippen LogP contribution in [0.3, 0.4) is 0 Å².